The molecule has 1 N–H and O–H groups in total. The Bertz CT molecular complexity index is 727. The molecule has 6 heteroatoms. The molecule has 1 aliphatic rings. The monoisotopic (exact) mass is 327 g/mol. The Morgan fingerprint density at radius 2 is 1.92 bits per heavy atom. The minimum atomic E-state index is -0.264. The maximum absolute atomic E-state index is 12.5. The second-order valence-corrected chi connectivity index (χ2v) is 5.61. The summed E-state index contributed by atoms with van der Waals surface area (Å²) < 4.78 is 10.5. The molecule has 0 radical (unpaired) electrons. The van der Waals surface area contributed by atoms with E-state index in [9.17, 15) is 4.79 Å². The molecule has 0 atom stereocenters. The maximum Gasteiger partial charge on any atom is 0.274 e. The number of nitrogens with one attached hydrogen (secondary N) is 1. The summed E-state index contributed by atoms with van der Waals surface area (Å²) in [4.78, 5) is 19.0. The van der Waals surface area contributed by atoms with Crippen molar-refractivity contribution in [3.05, 3.63) is 42.2 Å². The van der Waals surface area contributed by atoms with Crippen molar-refractivity contribution in [2.24, 2.45) is 0 Å². The van der Waals surface area contributed by atoms with Gasteiger partial charge in [-0.3, -0.25) is 9.78 Å². The Labute approximate surface area is 141 Å². The van der Waals surface area contributed by atoms with Crippen LogP contribution in [0.25, 0.3) is 0 Å². The molecule has 1 aromatic carbocycles. The van der Waals surface area contributed by atoms with Crippen LogP contribution in [0.1, 0.15) is 23.3 Å². The van der Waals surface area contributed by atoms with Crippen molar-refractivity contribution in [2.75, 3.05) is 37.5 Å². The Morgan fingerprint density at radius 3 is 2.62 bits per heavy atom. The summed E-state index contributed by atoms with van der Waals surface area (Å²) in [5, 5.41) is 2.85. The molecule has 24 heavy (non-hydrogen) atoms. The van der Waals surface area contributed by atoms with E-state index in [1.165, 1.54) is 12.8 Å². The van der Waals surface area contributed by atoms with Gasteiger partial charge in [-0.15, -0.1) is 0 Å². The molecule has 126 valence electrons. The highest BCUT2D eigenvalue weighted by Gasteiger charge is 2.16. The van der Waals surface area contributed by atoms with Gasteiger partial charge in [0.1, 0.15) is 17.2 Å². The Morgan fingerprint density at radius 1 is 1.12 bits per heavy atom. The summed E-state index contributed by atoms with van der Waals surface area (Å²) >= 11 is 0. The van der Waals surface area contributed by atoms with Gasteiger partial charge in [-0.2, -0.15) is 0 Å². The van der Waals surface area contributed by atoms with Crippen molar-refractivity contribution in [1.29, 1.82) is 0 Å². The van der Waals surface area contributed by atoms with Gasteiger partial charge in [-0.25, -0.2) is 0 Å². The van der Waals surface area contributed by atoms with Gasteiger partial charge in [0.15, 0.2) is 0 Å². The van der Waals surface area contributed by atoms with E-state index < -0.39 is 0 Å². The van der Waals surface area contributed by atoms with Crippen LogP contribution in [-0.2, 0) is 0 Å². The minimum absolute atomic E-state index is 0.264. The van der Waals surface area contributed by atoms with Gasteiger partial charge in [0.2, 0.25) is 0 Å². The van der Waals surface area contributed by atoms with E-state index in [4.69, 9.17) is 9.47 Å². The van der Waals surface area contributed by atoms with E-state index in [1.54, 1.807) is 38.6 Å². The number of pyridine rings is 1. The topological polar surface area (TPSA) is 63.7 Å². The highest BCUT2D eigenvalue weighted by molar-refractivity contribution is 6.04. The Kier molecular flexibility index (Phi) is 4.84. The van der Waals surface area contributed by atoms with Gasteiger partial charge in [0.05, 0.1) is 19.9 Å². The second kappa shape index (κ2) is 7.21. The Hall–Kier alpha value is -2.76. The van der Waals surface area contributed by atoms with Gasteiger partial charge in [-0.05, 0) is 37.1 Å². The number of methoxy groups -OCH3 is 2. The zero-order chi connectivity index (χ0) is 16.9. The molecule has 1 saturated heterocycles. The third-order valence-corrected chi connectivity index (χ3v) is 4.10. The van der Waals surface area contributed by atoms with Crippen LogP contribution in [0.3, 0.4) is 0 Å². The highest BCUT2D eigenvalue weighted by Crippen LogP contribution is 2.29. The van der Waals surface area contributed by atoms with Crippen LogP contribution in [0.2, 0.25) is 0 Å². The van der Waals surface area contributed by atoms with Gasteiger partial charge < -0.3 is 19.7 Å². The number of amides is 1. The number of anilines is 2. The van der Waals surface area contributed by atoms with E-state index in [1.807, 2.05) is 12.1 Å². The van der Waals surface area contributed by atoms with Crippen LogP contribution < -0.4 is 19.7 Å². The lowest BCUT2D eigenvalue weighted by Gasteiger charge is -2.18. The quantitative estimate of drug-likeness (QED) is 0.915. The van der Waals surface area contributed by atoms with Crippen molar-refractivity contribution < 1.29 is 14.3 Å². The molecule has 1 aromatic heterocycles. The summed E-state index contributed by atoms with van der Waals surface area (Å²) in [5.41, 5.74) is 2.00. The lowest BCUT2D eigenvalue weighted by molar-refractivity contribution is 0.102. The fourth-order valence-corrected chi connectivity index (χ4v) is 2.80. The molecule has 1 aliphatic heterocycles. The second-order valence-electron chi connectivity index (χ2n) is 5.61. The zero-order valence-electron chi connectivity index (χ0n) is 13.9. The van der Waals surface area contributed by atoms with Gasteiger partial charge in [-0.1, -0.05) is 0 Å². The molecule has 2 aromatic rings. The summed E-state index contributed by atoms with van der Waals surface area (Å²) in [5.74, 6) is 0.942. The summed E-state index contributed by atoms with van der Waals surface area (Å²) in [6.07, 6.45) is 4.05. The number of rotatable bonds is 5. The number of carbonyl (C=O) groups excluding carboxylic acids is 1. The van der Waals surface area contributed by atoms with E-state index in [2.05, 4.69) is 15.2 Å². The number of carbonyl (C=O) groups is 1. The molecule has 3 rings (SSSR count). The average molecular weight is 327 g/mol. The molecule has 2 heterocycles. The summed E-state index contributed by atoms with van der Waals surface area (Å²) in [6, 6.07) is 9.02. The maximum atomic E-state index is 12.5. The molecule has 1 fully saturated rings. The van der Waals surface area contributed by atoms with Crippen LogP contribution in [0, 0.1) is 0 Å². The van der Waals surface area contributed by atoms with E-state index in [0.29, 0.717) is 22.9 Å². The molecule has 0 aliphatic carbocycles. The van der Waals surface area contributed by atoms with Crippen LogP contribution in [0.5, 0.6) is 11.5 Å². The molecule has 1 amide bonds. The number of ether oxygens (including phenoxy) is 2. The molecule has 0 spiro atoms. The van der Waals surface area contributed by atoms with Crippen LogP contribution in [-0.4, -0.2) is 38.2 Å². The number of nitrogens with zero attached hydrogens (tertiary/aromatic N) is 2. The highest BCUT2D eigenvalue weighted by atomic mass is 16.5. The smallest absolute Gasteiger partial charge is 0.274 e. The fraction of sp³-hybridized carbons (Fsp3) is 0.333. The summed E-state index contributed by atoms with van der Waals surface area (Å²) in [6.45, 7) is 2.05. The van der Waals surface area contributed by atoms with Crippen molar-refractivity contribution >= 4 is 17.3 Å². The zero-order valence-corrected chi connectivity index (χ0v) is 13.9. The van der Waals surface area contributed by atoms with Crippen molar-refractivity contribution in [3.8, 4) is 11.5 Å². The third kappa shape index (κ3) is 3.42. The first-order chi connectivity index (χ1) is 11.7. The van der Waals surface area contributed by atoms with Crippen molar-refractivity contribution in [1.82, 2.24) is 4.98 Å². The van der Waals surface area contributed by atoms with E-state index in [0.717, 1.165) is 18.8 Å². The SMILES string of the molecule is COc1ccc(NC(=O)c2cc(N3CCCC3)ccn2)c(OC)c1. The standard InChI is InChI=1S/C18H21N3O3/c1-23-14-5-6-15(17(12-14)24-2)20-18(22)16-11-13(7-8-19-16)21-9-3-4-10-21/h5-8,11-12H,3-4,9-10H2,1-2H3,(H,20,22). The van der Waals surface area contributed by atoms with Gasteiger partial charge in [0.25, 0.3) is 5.91 Å². The molecular weight excluding hydrogens is 306 g/mol. The van der Waals surface area contributed by atoms with Crippen LogP contribution in [0.15, 0.2) is 36.5 Å². The number of benzene rings is 1. The predicted molar refractivity (Wildman–Crippen MR) is 93.2 cm³/mol. The van der Waals surface area contributed by atoms with Gasteiger partial charge >= 0.3 is 0 Å². The Balaban J connectivity index is 1.78. The third-order valence-electron chi connectivity index (χ3n) is 4.10. The summed E-state index contributed by atoms with van der Waals surface area (Å²) in [7, 11) is 3.14. The van der Waals surface area contributed by atoms with Crippen molar-refractivity contribution in [3.63, 3.8) is 0 Å². The minimum Gasteiger partial charge on any atom is -0.497 e. The van der Waals surface area contributed by atoms with E-state index in [-0.39, 0.29) is 5.91 Å². The molecule has 0 saturated carbocycles. The van der Waals surface area contributed by atoms with Crippen molar-refractivity contribution in [2.45, 2.75) is 12.8 Å². The first-order valence-electron chi connectivity index (χ1n) is 7.95. The fourth-order valence-electron chi connectivity index (χ4n) is 2.80. The van der Waals surface area contributed by atoms with Crippen LogP contribution in [0.4, 0.5) is 11.4 Å². The van der Waals surface area contributed by atoms with Crippen LogP contribution >= 0.6 is 0 Å². The van der Waals surface area contributed by atoms with Gasteiger partial charge in [0, 0.05) is 31.0 Å². The lowest BCUT2D eigenvalue weighted by Crippen LogP contribution is -2.19. The molecular formula is C18H21N3O3. The first-order valence-corrected chi connectivity index (χ1v) is 7.95. The lowest BCUT2D eigenvalue weighted by atomic mass is 10.2. The molecule has 0 unspecified atom stereocenters. The number of aromatic nitrogens is 1. The van der Waals surface area contributed by atoms with E-state index >= 15 is 0 Å². The first kappa shape index (κ1) is 16.1. The average Bonchev–Trinajstić information content (AvgIpc) is 3.17. The molecule has 6 nitrogen and oxygen atoms in total. The number of hydrogen-bond acceptors (Lipinski definition) is 5. The molecule has 0 bridgehead atoms. The number of hydrogen-bond donors (Lipinski definition) is 1. The predicted octanol–water partition coefficient (Wildman–Crippen LogP) is 2.95. The normalized spacial score (nSPS) is 13.7. The largest absolute Gasteiger partial charge is 0.497 e.